The summed E-state index contributed by atoms with van der Waals surface area (Å²) in [7, 11) is 0. The molecule has 2 aliphatic carbocycles. The van der Waals surface area contributed by atoms with Crippen LogP contribution in [0.4, 0.5) is 0 Å². The molecular weight excluding hydrogens is 458 g/mol. The van der Waals surface area contributed by atoms with Crippen LogP contribution in [0, 0.1) is 5.41 Å². The van der Waals surface area contributed by atoms with Crippen LogP contribution in [0.3, 0.4) is 0 Å². The van der Waals surface area contributed by atoms with Crippen molar-refractivity contribution < 1.29 is 0 Å². The number of allylic oxidation sites excluding steroid dienone is 9. The van der Waals surface area contributed by atoms with E-state index < -0.39 is 0 Å². The first-order valence-electron chi connectivity index (χ1n) is 13.6. The van der Waals surface area contributed by atoms with Gasteiger partial charge in [0.05, 0.1) is 6.04 Å². The zero-order valence-corrected chi connectivity index (χ0v) is 21.9. The highest BCUT2D eigenvalue weighted by atomic mass is 14.8. The molecule has 0 bridgehead atoms. The van der Waals surface area contributed by atoms with E-state index in [1.54, 1.807) is 0 Å². The van der Waals surface area contributed by atoms with Gasteiger partial charge in [0.2, 0.25) is 0 Å². The number of aliphatic imine (C=N–C) groups is 1. The minimum atomic E-state index is 0.0852. The number of rotatable bonds is 3. The van der Waals surface area contributed by atoms with E-state index in [1.165, 1.54) is 54.9 Å². The van der Waals surface area contributed by atoms with Crippen LogP contribution in [0.5, 0.6) is 0 Å². The Morgan fingerprint density at radius 1 is 0.763 bits per heavy atom. The maximum Gasteiger partial charge on any atom is 0.0574 e. The lowest BCUT2D eigenvalue weighted by Gasteiger charge is -2.32. The van der Waals surface area contributed by atoms with Gasteiger partial charge in [0.1, 0.15) is 0 Å². The Bertz CT molecular complexity index is 1700. The molecule has 0 fully saturated rings. The monoisotopic (exact) mass is 489 g/mol. The second kappa shape index (κ2) is 8.96. The van der Waals surface area contributed by atoms with E-state index in [-0.39, 0.29) is 11.5 Å². The fourth-order valence-electron chi connectivity index (χ4n) is 6.46. The number of dihydropyridines is 1. The second-order valence-corrected chi connectivity index (χ2v) is 11.0. The van der Waals surface area contributed by atoms with E-state index >= 15 is 0 Å². The van der Waals surface area contributed by atoms with E-state index in [0.29, 0.717) is 5.92 Å². The largest absolute Gasteiger partial charge is 0.289 e. The normalized spacial score (nSPS) is 23.9. The summed E-state index contributed by atoms with van der Waals surface area (Å²) in [5.41, 5.74) is 8.02. The van der Waals surface area contributed by atoms with E-state index in [4.69, 9.17) is 0 Å². The summed E-state index contributed by atoms with van der Waals surface area (Å²) < 4.78 is 0. The molecule has 0 aromatic heterocycles. The first-order valence-corrected chi connectivity index (χ1v) is 13.6. The van der Waals surface area contributed by atoms with Gasteiger partial charge < -0.3 is 0 Å². The highest BCUT2D eigenvalue weighted by molar-refractivity contribution is 6.19. The molecule has 4 aromatic rings. The molecule has 1 heterocycles. The summed E-state index contributed by atoms with van der Waals surface area (Å²) in [6, 6.07) is 27.3. The predicted octanol–water partition coefficient (Wildman–Crippen LogP) is 9.62. The Balaban J connectivity index is 1.42. The lowest BCUT2D eigenvalue weighted by Crippen LogP contribution is -2.19. The first-order chi connectivity index (χ1) is 18.6. The van der Waals surface area contributed by atoms with Crippen LogP contribution in [0.25, 0.3) is 38.2 Å². The Hall–Kier alpha value is -4.23. The number of hydrogen-bond acceptors (Lipinski definition) is 1. The van der Waals surface area contributed by atoms with Gasteiger partial charge in [0.15, 0.2) is 0 Å². The summed E-state index contributed by atoms with van der Waals surface area (Å²) in [5, 5.41) is 5.23. The number of fused-ring (bicyclic) bond motifs is 3. The standard InChI is InChI=1S/C37H31N/c1-25-30(15-9-23-38-25)26-16-18-27(19-17-26)35-31-11-3-5-13-33(31)36(34-14-6-4-12-32(34)35)28-20-22-37(2)21-8-7-10-29(37)24-28/h3-21,23-25,30H,22H2,1-2H3/t25-,30?,37?/m1/s1. The van der Waals surface area contributed by atoms with Crippen molar-refractivity contribution in [2.24, 2.45) is 10.4 Å². The van der Waals surface area contributed by atoms with E-state index in [1.807, 2.05) is 6.21 Å². The average molecular weight is 490 g/mol. The van der Waals surface area contributed by atoms with Gasteiger partial charge in [-0.15, -0.1) is 0 Å². The number of hydrogen-bond donors (Lipinski definition) is 0. The lowest BCUT2D eigenvalue weighted by molar-refractivity contribution is 0.528. The molecule has 4 aromatic carbocycles. The number of benzene rings is 4. The molecule has 0 spiro atoms. The van der Waals surface area contributed by atoms with Crippen LogP contribution in [0.1, 0.15) is 37.3 Å². The van der Waals surface area contributed by atoms with Gasteiger partial charge in [0.25, 0.3) is 0 Å². The molecule has 3 aliphatic rings. The van der Waals surface area contributed by atoms with Gasteiger partial charge in [-0.05, 0) is 74.4 Å². The molecule has 0 N–H and O–H groups in total. The maximum atomic E-state index is 4.60. The van der Waals surface area contributed by atoms with E-state index in [9.17, 15) is 0 Å². The highest BCUT2D eigenvalue weighted by Crippen LogP contribution is 2.47. The third-order valence-electron chi connectivity index (χ3n) is 8.62. The van der Waals surface area contributed by atoms with Gasteiger partial charge in [0, 0.05) is 17.5 Å². The van der Waals surface area contributed by atoms with Gasteiger partial charge in [-0.25, -0.2) is 0 Å². The smallest absolute Gasteiger partial charge is 0.0574 e. The minimum Gasteiger partial charge on any atom is -0.289 e. The molecule has 0 saturated carbocycles. The zero-order chi connectivity index (χ0) is 25.7. The van der Waals surface area contributed by atoms with Crippen molar-refractivity contribution in [3.63, 3.8) is 0 Å². The Morgan fingerprint density at radius 2 is 1.42 bits per heavy atom. The third kappa shape index (κ3) is 3.65. The number of nitrogens with zero attached hydrogens (tertiary/aromatic N) is 1. The molecule has 184 valence electrons. The average Bonchev–Trinajstić information content (AvgIpc) is 2.96. The molecule has 2 unspecified atom stereocenters. The van der Waals surface area contributed by atoms with Crippen LogP contribution in [-0.4, -0.2) is 12.3 Å². The fourth-order valence-corrected chi connectivity index (χ4v) is 6.46. The van der Waals surface area contributed by atoms with Crippen LogP contribution >= 0.6 is 0 Å². The van der Waals surface area contributed by atoms with Crippen LogP contribution in [-0.2, 0) is 0 Å². The lowest BCUT2D eigenvalue weighted by atomic mass is 9.71. The van der Waals surface area contributed by atoms with E-state index in [0.717, 1.165) is 6.42 Å². The molecule has 0 saturated heterocycles. The molecule has 7 rings (SSSR count). The molecule has 3 atom stereocenters. The quantitative estimate of drug-likeness (QED) is 0.254. The zero-order valence-electron chi connectivity index (χ0n) is 21.9. The Labute approximate surface area is 224 Å². The molecule has 1 heteroatoms. The maximum absolute atomic E-state index is 4.60. The minimum absolute atomic E-state index is 0.0852. The van der Waals surface area contributed by atoms with Crippen LogP contribution in [0.15, 0.2) is 132 Å². The van der Waals surface area contributed by atoms with Crippen molar-refractivity contribution in [3.05, 3.63) is 138 Å². The third-order valence-corrected chi connectivity index (χ3v) is 8.62. The van der Waals surface area contributed by atoms with Gasteiger partial charge >= 0.3 is 0 Å². The predicted molar refractivity (Wildman–Crippen MR) is 164 cm³/mol. The van der Waals surface area contributed by atoms with Crippen LogP contribution < -0.4 is 0 Å². The van der Waals surface area contributed by atoms with Crippen molar-refractivity contribution in [1.29, 1.82) is 0 Å². The summed E-state index contributed by atoms with van der Waals surface area (Å²) in [6.45, 7) is 4.53. The molecule has 0 radical (unpaired) electrons. The topological polar surface area (TPSA) is 12.4 Å². The SMILES string of the molecule is C[C@H]1N=CC=CC1c1ccc(-c2c3ccccc3c(C3=CCC4(C)C=CC=CC4=C3)c3ccccc23)cc1. The molecular formula is C37H31N. The molecule has 0 amide bonds. The summed E-state index contributed by atoms with van der Waals surface area (Å²) in [6.07, 6.45) is 21.1. The van der Waals surface area contributed by atoms with Crippen molar-refractivity contribution in [1.82, 2.24) is 0 Å². The van der Waals surface area contributed by atoms with Crippen molar-refractivity contribution >= 4 is 33.3 Å². The summed E-state index contributed by atoms with van der Waals surface area (Å²) in [5.74, 6) is 0.325. The Morgan fingerprint density at radius 3 is 2.08 bits per heavy atom. The molecule has 1 nitrogen and oxygen atoms in total. The van der Waals surface area contributed by atoms with E-state index in [2.05, 4.69) is 140 Å². The van der Waals surface area contributed by atoms with Crippen molar-refractivity contribution in [3.8, 4) is 11.1 Å². The Kier molecular flexibility index (Phi) is 5.40. The molecule has 1 aliphatic heterocycles. The fraction of sp³-hybridized carbons (Fsp3) is 0.162. The van der Waals surface area contributed by atoms with Crippen molar-refractivity contribution in [2.75, 3.05) is 0 Å². The van der Waals surface area contributed by atoms with Gasteiger partial charge in [-0.3, -0.25) is 4.99 Å². The highest BCUT2D eigenvalue weighted by Gasteiger charge is 2.29. The first kappa shape index (κ1) is 22.9. The van der Waals surface area contributed by atoms with Crippen molar-refractivity contribution in [2.45, 2.75) is 32.2 Å². The van der Waals surface area contributed by atoms with Gasteiger partial charge in [-0.1, -0.05) is 122 Å². The van der Waals surface area contributed by atoms with Gasteiger partial charge in [-0.2, -0.15) is 0 Å². The summed E-state index contributed by atoms with van der Waals surface area (Å²) in [4.78, 5) is 4.60. The second-order valence-electron chi connectivity index (χ2n) is 11.0. The summed E-state index contributed by atoms with van der Waals surface area (Å²) >= 11 is 0. The van der Waals surface area contributed by atoms with Crippen LogP contribution in [0.2, 0.25) is 0 Å². The molecule has 38 heavy (non-hydrogen) atoms.